The number of benzene rings is 2. The van der Waals surface area contributed by atoms with Crippen molar-refractivity contribution in [3.05, 3.63) is 65.0 Å². The van der Waals surface area contributed by atoms with Gasteiger partial charge in [0, 0.05) is 11.9 Å². The summed E-state index contributed by atoms with van der Waals surface area (Å²) < 4.78 is 13.5. The molecule has 0 aliphatic rings. The summed E-state index contributed by atoms with van der Waals surface area (Å²) in [7, 11) is 0. The van der Waals surface area contributed by atoms with Crippen molar-refractivity contribution in [2.45, 2.75) is 11.9 Å². The van der Waals surface area contributed by atoms with Crippen LogP contribution in [0.2, 0.25) is 0 Å². The van der Waals surface area contributed by atoms with E-state index in [0.717, 1.165) is 22.5 Å². The van der Waals surface area contributed by atoms with Crippen LogP contribution in [0.3, 0.4) is 0 Å². The van der Waals surface area contributed by atoms with E-state index in [1.165, 1.54) is 12.1 Å². The molecule has 1 amide bonds. The number of carbonyl (C=O) groups is 1. The fraction of sp³-hybridized carbons (Fsp3) is 0.133. The Balaban J connectivity index is 2.09. The molecule has 0 fully saturated rings. The molecule has 0 aliphatic carbocycles. The molecule has 0 unspecified atom stereocenters. The zero-order valence-electron chi connectivity index (χ0n) is 10.6. The first kappa shape index (κ1) is 14.5. The summed E-state index contributed by atoms with van der Waals surface area (Å²) in [6.45, 7) is 0.271. The quantitative estimate of drug-likeness (QED) is 0.840. The molecule has 2 aromatic carbocycles. The van der Waals surface area contributed by atoms with Crippen molar-refractivity contribution in [2.75, 3.05) is 0 Å². The first-order chi connectivity index (χ1) is 9.61. The van der Waals surface area contributed by atoms with E-state index in [9.17, 15) is 14.3 Å². The lowest BCUT2D eigenvalue weighted by molar-refractivity contribution is 0.0944. The Morgan fingerprint density at radius 2 is 1.90 bits per heavy atom. The largest absolute Gasteiger partial charge is 0.507 e. The first-order valence-corrected chi connectivity index (χ1v) is 7.13. The van der Waals surface area contributed by atoms with E-state index < -0.39 is 11.7 Å². The number of nitrogens with one attached hydrogen (secondary N) is 1. The van der Waals surface area contributed by atoms with Crippen LogP contribution >= 0.6 is 15.9 Å². The number of rotatable bonds is 4. The van der Waals surface area contributed by atoms with Gasteiger partial charge in [-0.2, -0.15) is 0 Å². The number of halogens is 2. The molecule has 104 valence electrons. The normalized spacial score (nSPS) is 10.3. The maximum Gasteiger partial charge on any atom is 0.258 e. The number of hydrogen-bond acceptors (Lipinski definition) is 2. The number of phenolic OH excluding ortho intramolecular Hbond substituents is 1. The van der Waals surface area contributed by atoms with Crippen molar-refractivity contribution in [1.82, 2.24) is 5.32 Å². The third kappa shape index (κ3) is 3.36. The van der Waals surface area contributed by atoms with Crippen LogP contribution in [-0.2, 0) is 11.9 Å². The number of phenols is 1. The molecule has 20 heavy (non-hydrogen) atoms. The number of hydrogen-bond donors (Lipinski definition) is 2. The van der Waals surface area contributed by atoms with Gasteiger partial charge < -0.3 is 10.4 Å². The minimum Gasteiger partial charge on any atom is -0.507 e. The molecule has 3 nitrogen and oxygen atoms in total. The monoisotopic (exact) mass is 337 g/mol. The molecular formula is C15H13BrFNO2. The molecule has 0 bridgehead atoms. The standard InChI is InChI=1S/C15H13BrFNO2/c16-8-10-3-1-4-11(7-10)9-18-15(20)14-12(17)5-2-6-13(14)19/h1-7,19H,8-9H2,(H,18,20). The molecule has 0 aliphatic heterocycles. The smallest absolute Gasteiger partial charge is 0.258 e. The average molecular weight is 338 g/mol. The second kappa shape index (κ2) is 6.52. The second-order valence-corrected chi connectivity index (χ2v) is 4.83. The molecule has 0 spiro atoms. The predicted octanol–water partition coefficient (Wildman–Crippen LogP) is 3.36. The van der Waals surface area contributed by atoms with Crippen molar-refractivity contribution in [2.24, 2.45) is 0 Å². The summed E-state index contributed by atoms with van der Waals surface area (Å²) in [5.41, 5.74) is 1.67. The van der Waals surface area contributed by atoms with E-state index in [4.69, 9.17) is 0 Å². The Morgan fingerprint density at radius 3 is 2.60 bits per heavy atom. The Bertz CT molecular complexity index is 611. The summed E-state index contributed by atoms with van der Waals surface area (Å²) in [4.78, 5) is 11.9. The van der Waals surface area contributed by atoms with Gasteiger partial charge in [0.2, 0.25) is 0 Å². The van der Waals surface area contributed by atoms with Gasteiger partial charge in [0.1, 0.15) is 17.1 Å². The first-order valence-electron chi connectivity index (χ1n) is 6.01. The maximum absolute atomic E-state index is 13.5. The van der Waals surface area contributed by atoms with Gasteiger partial charge in [-0.15, -0.1) is 0 Å². The zero-order valence-corrected chi connectivity index (χ0v) is 12.2. The van der Waals surface area contributed by atoms with Gasteiger partial charge in [-0.05, 0) is 23.3 Å². The highest BCUT2D eigenvalue weighted by atomic mass is 79.9. The third-order valence-corrected chi connectivity index (χ3v) is 3.46. The minimum atomic E-state index is -0.739. The third-order valence-electron chi connectivity index (χ3n) is 2.82. The Kier molecular flexibility index (Phi) is 4.74. The van der Waals surface area contributed by atoms with E-state index in [1.54, 1.807) is 0 Å². The van der Waals surface area contributed by atoms with Crippen molar-refractivity contribution in [1.29, 1.82) is 0 Å². The number of alkyl halides is 1. The van der Waals surface area contributed by atoms with Crippen LogP contribution in [0.25, 0.3) is 0 Å². The molecule has 0 radical (unpaired) electrons. The van der Waals surface area contributed by atoms with Crippen LogP contribution in [0, 0.1) is 5.82 Å². The zero-order chi connectivity index (χ0) is 14.5. The lowest BCUT2D eigenvalue weighted by Gasteiger charge is -2.08. The van der Waals surface area contributed by atoms with Crippen LogP contribution in [0.15, 0.2) is 42.5 Å². The molecule has 0 atom stereocenters. The van der Waals surface area contributed by atoms with E-state index >= 15 is 0 Å². The number of aromatic hydroxyl groups is 1. The van der Waals surface area contributed by atoms with E-state index in [2.05, 4.69) is 21.2 Å². The summed E-state index contributed by atoms with van der Waals surface area (Å²) >= 11 is 3.36. The fourth-order valence-corrected chi connectivity index (χ4v) is 2.18. The summed E-state index contributed by atoms with van der Waals surface area (Å²) in [5, 5.41) is 12.9. The second-order valence-electron chi connectivity index (χ2n) is 4.27. The number of carbonyl (C=O) groups excluding carboxylic acids is 1. The van der Waals surface area contributed by atoms with Crippen molar-refractivity contribution < 1.29 is 14.3 Å². The predicted molar refractivity (Wildman–Crippen MR) is 78.3 cm³/mol. The summed E-state index contributed by atoms with van der Waals surface area (Å²) in [6.07, 6.45) is 0. The Labute approximate surface area is 124 Å². The van der Waals surface area contributed by atoms with Gasteiger partial charge in [-0.3, -0.25) is 4.79 Å². The minimum absolute atomic E-state index is 0.271. The van der Waals surface area contributed by atoms with E-state index in [-0.39, 0.29) is 17.9 Å². The van der Waals surface area contributed by atoms with Crippen LogP contribution in [0.1, 0.15) is 21.5 Å². The molecule has 5 heteroatoms. The van der Waals surface area contributed by atoms with Gasteiger partial charge in [-0.1, -0.05) is 46.3 Å². The molecule has 0 aromatic heterocycles. The van der Waals surface area contributed by atoms with Gasteiger partial charge in [0.15, 0.2) is 0 Å². The topological polar surface area (TPSA) is 49.3 Å². The SMILES string of the molecule is O=C(NCc1cccc(CBr)c1)c1c(O)cccc1F. The molecule has 0 saturated heterocycles. The van der Waals surface area contributed by atoms with E-state index in [0.29, 0.717) is 0 Å². The lowest BCUT2D eigenvalue weighted by atomic mass is 10.1. The highest BCUT2D eigenvalue weighted by Gasteiger charge is 2.15. The highest BCUT2D eigenvalue weighted by molar-refractivity contribution is 9.08. The summed E-state index contributed by atoms with van der Waals surface area (Å²) in [5.74, 6) is -1.74. The van der Waals surface area contributed by atoms with Crippen molar-refractivity contribution in [3.63, 3.8) is 0 Å². The van der Waals surface area contributed by atoms with Crippen LogP contribution in [0.4, 0.5) is 4.39 Å². The van der Waals surface area contributed by atoms with Crippen LogP contribution in [0.5, 0.6) is 5.75 Å². The van der Waals surface area contributed by atoms with Gasteiger partial charge in [-0.25, -0.2) is 4.39 Å². The average Bonchev–Trinajstić information content (AvgIpc) is 2.45. The molecule has 2 N–H and O–H groups in total. The lowest BCUT2D eigenvalue weighted by Crippen LogP contribution is -2.24. The molecular weight excluding hydrogens is 325 g/mol. The van der Waals surface area contributed by atoms with Crippen LogP contribution in [-0.4, -0.2) is 11.0 Å². The van der Waals surface area contributed by atoms with Crippen LogP contribution < -0.4 is 5.32 Å². The Morgan fingerprint density at radius 1 is 1.20 bits per heavy atom. The van der Waals surface area contributed by atoms with Crippen molar-refractivity contribution >= 4 is 21.8 Å². The molecule has 0 saturated carbocycles. The van der Waals surface area contributed by atoms with Gasteiger partial charge in [0.05, 0.1) is 0 Å². The molecule has 2 aromatic rings. The van der Waals surface area contributed by atoms with Gasteiger partial charge >= 0.3 is 0 Å². The Hall–Kier alpha value is -1.88. The molecule has 2 rings (SSSR count). The molecule has 0 heterocycles. The maximum atomic E-state index is 13.5. The fourth-order valence-electron chi connectivity index (χ4n) is 1.83. The van der Waals surface area contributed by atoms with Crippen molar-refractivity contribution in [3.8, 4) is 5.75 Å². The van der Waals surface area contributed by atoms with E-state index in [1.807, 2.05) is 24.3 Å². The summed E-state index contributed by atoms with van der Waals surface area (Å²) in [6, 6.07) is 11.4. The highest BCUT2D eigenvalue weighted by Crippen LogP contribution is 2.19. The van der Waals surface area contributed by atoms with Gasteiger partial charge in [0.25, 0.3) is 5.91 Å². The number of amides is 1.